The summed E-state index contributed by atoms with van der Waals surface area (Å²) in [5.74, 6) is 0.975. The largest absolute Gasteiger partial charge is 0.389 e. The standard InChI is InChI=1S/C17H27N3O3/c1-14-11-15(23-18-14)13-19-7-9-20(10-8-19)16(21)12-17(22)5-3-2-4-6-17/h11,22H,2-10,12-13H2,1H3. The second-order valence-corrected chi connectivity index (χ2v) is 7.05. The minimum atomic E-state index is -0.760. The number of nitrogens with zero attached hydrogens (tertiary/aromatic N) is 3. The van der Waals surface area contributed by atoms with Crippen LogP contribution in [0, 0.1) is 6.92 Å². The number of aryl methyl sites for hydroxylation is 1. The van der Waals surface area contributed by atoms with Gasteiger partial charge in [0.05, 0.1) is 24.3 Å². The lowest BCUT2D eigenvalue weighted by Gasteiger charge is -2.37. The number of hydrogen-bond acceptors (Lipinski definition) is 5. The fraction of sp³-hybridized carbons (Fsp3) is 0.765. The highest BCUT2D eigenvalue weighted by Gasteiger charge is 2.34. The van der Waals surface area contributed by atoms with Gasteiger partial charge in [-0.15, -0.1) is 0 Å². The van der Waals surface area contributed by atoms with Gasteiger partial charge in [0.15, 0.2) is 5.76 Å². The van der Waals surface area contributed by atoms with Crippen LogP contribution in [0.2, 0.25) is 0 Å². The highest BCUT2D eigenvalue weighted by atomic mass is 16.5. The molecule has 1 saturated carbocycles. The molecule has 0 aromatic carbocycles. The molecular formula is C17H27N3O3. The van der Waals surface area contributed by atoms with Crippen molar-refractivity contribution < 1.29 is 14.4 Å². The Labute approximate surface area is 137 Å². The Balaban J connectivity index is 1.45. The molecule has 0 bridgehead atoms. The van der Waals surface area contributed by atoms with Crippen LogP contribution in [-0.2, 0) is 11.3 Å². The Hall–Kier alpha value is -1.40. The fourth-order valence-electron chi connectivity index (χ4n) is 3.65. The molecule has 1 aliphatic carbocycles. The van der Waals surface area contributed by atoms with Crippen molar-refractivity contribution in [1.82, 2.24) is 15.0 Å². The molecule has 1 aromatic heterocycles. The Kier molecular flexibility index (Phi) is 5.02. The summed E-state index contributed by atoms with van der Waals surface area (Å²) in [5.41, 5.74) is 0.138. The summed E-state index contributed by atoms with van der Waals surface area (Å²) in [7, 11) is 0. The maximum absolute atomic E-state index is 12.5. The molecule has 0 unspecified atom stereocenters. The topological polar surface area (TPSA) is 69.8 Å². The molecule has 2 fully saturated rings. The zero-order valence-electron chi connectivity index (χ0n) is 14.0. The number of hydrogen-bond donors (Lipinski definition) is 1. The van der Waals surface area contributed by atoms with Crippen LogP contribution in [0.4, 0.5) is 0 Å². The van der Waals surface area contributed by atoms with Crippen LogP contribution in [0.3, 0.4) is 0 Å². The first-order chi connectivity index (χ1) is 11.0. The van der Waals surface area contributed by atoms with E-state index in [-0.39, 0.29) is 12.3 Å². The summed E-state index contributed by atoms with van der Waals surface area (Å²) in [6, 6.07) is 1.95. The molecule has 1 aromatic rings. The van der Waals surface area contributed by atoms with Gasteiger partial charge in [-0.25, -0.2) is 0 Å². The third-order valence-corrected chi connectivity index (χ3v) is 5.05. The zero-order valence-corrected chi connectivity index (χ0v) is 14.0. The number of piperazine rings is 1. The van der Waals surface area contributed by atoms with Crippen LogP contribution in [0.15, 0.2) is 10.6 Å². The zero-order chi connectivity index (χ0) is 16.3. The van der Waals surface area contributed by atoms with Crippen LogP contribution in [0.25, 0.3) is 0 Å². The number of amides is 1. The van der Waals surface area contributed by atoms with Crippen LogP contribution >= 0.6 is 0 Å². The maximum Gasteiger partial charge on any atom is 0.225 e. The van der Waals surface area contributed by atoms with E-state index in [1.165, 1.54) is 6.42 Å². The number of carbonyl (C=O) groups is 1. The molecule has 3 rings (SSSR count). The SMILES string of the molecule is Cc1cc(CN2CCN(C(=O)CC3(O)CCCCC3)CC2)on1. The van der Waals surface area contributed by atoms with Crippen molar-refractivity contribution in [2.45, 2.75) is 57.6 Å². The van der Waals surface area contributed by atoms with Crippen LogP contribution in [-0.4, -0.2) is 57.8 Å². The normalized spacial score (nSPS) is 22.3. The summed E-state index contributed by atoms with van der Waals surface area (Å²) in [6.07, 6.45) is 5.07. The van der Waals surface area contributed by atoms with Crippen molar-refractivity contribution in [3.05, 3.63) is 17.5 Å². The number of carbonyl (C=O) groups excluding carboxylic acids is 1. The van der Waals surface area contributed by atoms with Gasteiger partial charge in [0, 0.05) is 32.2 Å². The lowest BCUT2D eigenvalue weighted by atomic mass is 9.82. The predicted octanol–water partition coefficient (Wildman–Crippen LogP) is 1.71. The Bertz CT molecular complexity index is 529. The van der Waals surface area contributed by atoms with Crippen molar-refractivity contribution in [3.8, 4) is 0 Å². The molecule has 0 spiro atoms. The second-order valence-electron chi connectivity index (χ2n) is 7.05. The smallest absolute Gasteiger partial charge is 0.225 e. The first-order valence-corrected chi connectivity index (χ1v) is 8.69. The van der Waals surface area contributed by atoms with E-state index >= 15 is 0 Å². The van der Waals surface area contributed by atoms with Gasteiger partial charge in [-0.3, -0.25) is 9.69 Å². The fourth-order valence-corrected chi connectivity index (χ4v) is 3.65. The summed E-state index contributed by atoms with van der Waals surface area (Å²) in [6.45, 7) is 5.78. The van der Waals surface area contributed by atoms with E-state index in [9.17, 15) is 9.90 Å². The van der Waals surface area contributed by atoms with Crippen LogP contribution in [0.5, 0.6) is 0 Å². The molecular weight excluding hydrogens is 294 g/mol. The second kappa shape index (κ2) is 7.01. The highest BCUT2D eigenvalue weighted by Crippen LogP contribution is 2.31. The summed E-state index contributed by atoms with van der Waals surface area (Å²) in [5, 5.41) is 14.4. The van der Waals surface area contributed by atoms with Crippen molar-refractivity contribution >= 4 is 5.91 Å². The monoisotopic (exact) mass is 321 g/mol. The minimum absolute atomic E-state index is 0.101. The van der Waals surface area contributed by atoms with Gasteiger partial charge in [0.2, 0.25) is 5.91 Å². The number of aromatic nitrogens is 1. The van der Waals surface area contributed by atoms with E-state index in [0.717, 1.165) is 69.9 Å². The first-order valence-electron chi connectivity index (χ1n) is 8.69. The van der Waals surface area contributed by atoms with Gasteiger partial charge in [-0.05, 0) is 19.8 Å². The number of rotatable bonds is 4. The molecule has 1 N–H and O–H groups in total. The van der Waals surface area contributed by atoms with Gasteiger partial charge >= 0.3 is 0 Å². The van der Waals surface area contributed by atoms with E-state index < -0.39 is 5.60 Å². The van der Waals surface area contributed by atoms with Crippen molar-refractivity contribution in [2.24, 2.45) is 0 Å². The summed E-state index contributed by atoms with van der Waals surface area (Å²) < 4.78 is 5.25. The quantitative estimate of drug-likeness (QED) is 0.914. The predicted molar refractivity (Wildman–Crippen MR) is 85.7 cm³/mol. The van der Waals surface area contributed by atoms with Crippen molar-refractivity contribution in [2.75, 3.05) is 26.2 Å². The maximum atomic E-state index is 12.5. The van der Waals surface area contributed by atoms with Gasteiger partial charge in [-0.2, -0.15) is 0 Å². The van der Waals surface area contributed by atoms with Crippen LogP contribution in [0.1, 0.15) is 50.0 Å². The van der Waals surface area contributed by atoms with E-state index in [4.69, 9.17) is 4.52 Å². The van der Waals surface area contributed by atoms with Gasteiger partial charge in [0.25, 0.3) is 0 Å². The molecule has 2 aliphatic rings. The van der Waals surface area contributed by atoms with E-state index in [1.54, 1.807) is 0 Å². The van der Waals surface area contributed by atoms with Gasteiger partial charge in [-0.1, -0.05) is 24.4 Å². The lowest BCUT2D eigenvalue weighted by molar-refractivity contribution is -0.139. The van der Waals surface area contributed by atoms with E-state index in [2.05, 4.69) is 10.1 Å². The molecule has 1 saturated heterocycles. The van der Waals surface area contributed by atoms with Crippen LogP contribution < -0.4 is 0 Å². The average Bonchev–Trinajstić information content (AvgIpc) is 2.93. The van der Waals surface area contributed by atoms with Crippen molar-refractivity contribution in [3.63, 3.8) is 0 Å². The molecule has 2 heterocycles. The third kappa shape index (κ3) is 4.32. The number of aliphatic hydroxyl groups is 1. The Morgan fingerprint density at radius 1 is 1.26 bits per heavy atom. The minimum Gasteiger partial charge on any atom is -0.389 e. The molecule has 0 atom stereocenters. The van der Waals surface area contributed by atoms with Crippen molar-refractivity contribution in [1.29, 1.82) is 0 Å². The van der Waals surface area contributed by atoms with Gasteiger partial charge < -0.3 is 14.5 Å². The van der Waals surface area contributed by atoms with E-state index in [0.29, 0.717) is 0 Å². The summed E-state index contributed by atoms with van der Waals surface area (Å²) >= 11 is 0. The highest BCUT2D eigenvalue weighted by molar-refractivity contribution is 5.77. The first kappa shape index (κ1) is 16.5. The molecule has 23 heavy (non-hydrogen) atoms. The average molecular weight is 321 g/mol. The third-order valence-electron chi connectivity index (χ3n) is 5.05. The molecule has 128 valence electrons. The van der Waals surface area contributed by atoms with E-state index in [1.807, 2.05) is 17.9 Å². The summed E-state index contributed by atoms with van der Waals surface area (Å²) in [4.78, 5) is 16.6. The van der Waals surface area contributed by atoms with Gasteiger partial charge in [0.1, 0.15) is 0 Å². The molecule has 1 aliphatic heterocycles. The molecule has 0 radical (unpaired) electrons. The lowest BCUT2D eigenvalue weighted by Crippen LogP contribution is -2.50. The molecule has 6 nitrogen and oxygen atoms in total. The Morgan fingerprint density at radius 3 is 2.57 bits per heavy atom. The molecule has 1 amide bonds. The molecule has 6 heteroatoms. The Morgan fingerprint density at radius 2 is 1.96 bits per heavy atom.